The fourth-order valence-electron chi connectivity index (χ4n) is 1.47. The summed E-state index contributed by atoms with van der Waals surface area (Å²) >= 11 is 0. The fourth-order valence-corrected chi connectivity index (χ4v) is 1.47. The highest BCUT2D eigenvalue weighted by Crippen LogP contribution is 2.11. The maximum absolute atomic E-state index is 5.51. The van der Waals surface area contributed by atoms with Crippen molar-refractivity contribution in [2.75, 3.05) is 17.2 Å². The number of nitrogens with two attached hydrogens (primary N) is 3. The molecule has 0 spiro atoms. The van der Waals surface area contributed by atoms with Crippen LogP contribution in [0.4, 0.5) is 17.5 Å². The third-order valence-corrected chi connectivity index (χ3v) is 2.33. The average molecular weight is 254 g/mol. The number of nitrogen functional groups attached to an aromatic ring is 3. The molecule has 3 rings (SSSR count). The van der Waals surface area contributed by atoms with E-state index in [2.05, 4.69) is 15.0 Å². The van der Waals surface area contributed by atoms with E-state index in [1.54, 1.807) is 0 Å². The Balaban J connectivity index is 0.000000148. The summed E-state index contributed by atoms with van der Waals surface area (Å²) in [4.78, 5) is 11.4. The maximum Gasteiger partial charge on any atom is 0.128 e. The monoisotopic (exact) mass is 254 g/mol. The Morgan fingerprint density at radius 3 is 2.05 bits per heavy atom. The Hall–Kier alpha value is -2.89. The number of para-hydroxylation sites is 1. The van der Waals surface area contributed by atoms with Crippen molar-refractivity contribution in [3.63, 3.8) is 0 Å². The minimum absolute atomic E-state index is 0.400. The van der Waals surface area contributed by atoms with Crippen molar-refractivity contribution in [1.82, 2.24) is 15.0 Å². The Kier molecular flexibility index (Phi) is 3.72. The molecule has 0 radical (unpaired) electrons. The van der Waals surface area contributed by atoms with Crippen molar-refractivity contribution in [2.24, 2.45) is 0 Å². The summed E-state index contributed by atoms with van der Waals surface area (Å²) in [5.41, 5.74) is 16.9. The minimum atomic E-state index is 0.400. The minimum Gasteiger partial charge on any atom is -0.384 e. The van der Waals surface area contributed by atoms with Crippen LogP contribution in [0.25, 0.3) is 10.9 Å². The van der Waals surface area contributed by atoms with Gasteiger partial charge in [0.1, 0.15) is 23.8 Å². The summed E-state index contributed by atoms with van der Waals surface area (Å²) in [6, 6.07) is 13.2. The van der Waals surface area contributed by atoms with Gasteiger partial charge in [0.15, 0.2) is 0 Å². The molecule has 2 heterocycles. The van der Waals surface area contributed by atoms with Crippen molar-refractivity contribution in [3.05, 3.63) is 48.8 Å². The van der Waals surface area contributed by atoms with E-state index in [1.165, 1.54) is 12.4 Å². The lowest BCUT2D eigenvalue weighted by molar-refractivity contribution is 1.19. The highest BCUT2D eigenvalue weighted by Gasteiger charge is 1.91. The molecule has 0 aliphatic rings. The molecule has 6 N–H and O–H groups in total. The van der Waals surface area contributed by atoms with Crippen LogP contribution >= 0.6 is 0 Å². The molecular weight excluding hydrogens is 240 g/mol. The van der Waals surface area contributed by atoms with Crippen molar-refractivity contribution < 1.29 is 0 Å². The standard InChI is InChI=1S/C9H8N2.C4H6N4/c10-9-6-5-7-3-1-2-4-8(7)11-9;5-3-1-4(6)8-2-7-3/h1-6H,(H2,10,11);1-2H,(H4,5,6,7,8). The largest absolute Gasteiger partial charge is 0.384 e. The zero-order valence-electron chi connectivity index (χ0n) is 10.2. The SMILES string of the molecule is Nc1cc(N)ncn1.Nc1ccc2ccccc2n1. The second-order valence-corrected chi connectivity index (χ2v) is 3.80. The number of fused-ring (bicyclic) bond motifs is 1. The van der Waals surface area contributed by atoms with Crippen LogP contribution < -0.4 is 17.2 Å². The van der Waals surface area contributed by atoms with E-state index < -0.39 is 0 Å². The lowest BCUT2D eigenvalue weighted by Crippen LogP contribution is -1.94. The van der Waals surface area contributed by atoms with Crippen molar-refractivity contribution in [3.8, 4) is 0 Å². The van der Waals surface area contributed by atoms with E-state index in [1.807, 2.05) is 36.4 Å². The van der Waals surface area contributed by atoms with Crippen LogP contribution in [0.15, 0.2) is 48.8 Å². The fraction of sp³-hybridized carbons (Fsp3) is 0. The normalized spacial score (nSPS) is 9.68. The van der Waals surface area contributed by atoms with Gasteiger partial charge in [-0.15, -0.1) is 0 Å². The smallest absolute Gasteiger partial charge is 0.128 e. The zero-order valence-corrected chi connectivity index (χ0v) is 10.2. The molecule has 19 heavy (non-hydrogen) atoms. The van der Waals surface area contributed by atoms with E-state index >= 15 is 0 Å². The zero-order chi connectivity index (χ0) is 13.7. The molecule has 0 unspecified atom stereocenters. The van der Waals surface area contributed by atoms with Gasteiger partial charge in [-0.2, -0.15) is 0 Å². The second kappa shape index (κ2) is 5.63. The van der Waals surface area contributed by atoms with E-state index in [9.17, 15) is 0 Å². The van der Waals surface area contributed by atoms with Crippen LogP contribution in [0.2, 0.25) is 0 Å². The summed E-state index contributed by atoms with van der Waals surface area (Å²) < 4.78 is 0. The first kappa shape index (κ1) is 12.6. The van der Waals surface area contributed by atoms with Gasteiger partial charge in [-0.1, -0.05) is 18.2 Å². The second-order valence-electron chi connectivity index (χ2n) is 3.80. The van der Waals surface area contributed by atoms with Gasteiger partial charge in [0.05, 0.1) is 5.52 Å². The average Bonchev–Trinajstić information content (AvgIpc) is 2.39. The Morgan fingerprint density at radius 2 is 1.42 bits per heavy atom. The summed E-state index contributed by atoms with van der Waals surface area (Å²) in [5.74, 6) is 1.37. The van der Waals surface area contributed by atoms with Gasteiger partial charge < -0.3 is 17.2 Å². The molecule has 0 amide bonds. The predicted molar refractivity (Wildman–Crippen MR) is 77.0 cm³/mol. The molecule has 0 aliphatic carbocycles. The Morgan fingerprint density at radius 1 is 0.737 bits per heavy atom. The van der Waals surface area contributed by atoms with Gasteiger partial charge in [-0.25, -0.2) is 15.0 Å². The third kappa shape index (κ3) is 3.53. The summed E-state index contributed by atoms with van der Waals surface area (Å²) in [7, 11) is 0. The lowest BCUT2D eigenvalue weighted by Gasteiger charge is -1.95. The van der Waals surface area contributed by atoms with Gasteiger partial charge in [-0.3, -0.25) is 0 Å². The number of hydrogen-bond acceptors (Lipinski definition) is 6. The van der Waals surface area contributed by atoms with Crippen LogP contribution in [0.3, 0.4) is 0 Å². The first-order chi connectivity index (χ1) is 9.15. The molecule has 0 saturated heterocycles. The quantitative estimate of drug-likeness (QED) is 0.559. The summed E-state index contributed by atoms with van der Waals surface area (Å²) in [6.07, 6.45) is 1.32. The van der Waals surface area contributed by atoms with Gasteiger partial charge in [0, 0.05) is 11.5 Å². The molecule has 0 atom stereocenters. The van der Waals surface area contributed by atoms with Crippen molar-refractivity contribution >= 4 is 28.4 Å². The lowest BCUT2D eigenvalue weighted by atomic mass is 10.2. The molecule has 6 nitrogen and oxygen atoms in total. The molecule has 96 valence electrons. The van der Waals surface area contributed by atoms with Gasteiger partial charge in [-0.05, 0) is 18.2 Å². The number of pyridine rings is 1. The molecule has 6 heteroatoms. The first-order valence-electron chi connectivity index (χ1n) is 5.59. The summed E-state index contributed by atoms with van der Waals surface area (Å²) in [6.45, 7) is 0. The van der Waals surface area contributed by atoms with Crippen LogP contribution in [-0.4, -0.2) is 15.0 Å². The van der Waals surface area contributed by atoms with Crippen LogP contribution in [0.5, 0.6) is 0 Å². The molecule has 2 aromatic heterocycles. The molecule has 0 fully saturated rings. The maximum atomic E-state index is 5.51. The number of benzene rings is 1. The number of aromatic nitrogens is 3. The molecule has 0 aliphatic heterocycles. The van der Waals surface area contributed by atoms with E-state index in [0.717, 1.165) is 10.9 Å². The molecule has 3 aromatic rings. The van der Waals surface area contributed by atoms with Gasteiger partial charge >= 0.3 is 0 Å². The highest BCUT2D eigenvalue weighted by molar-refractivity contribution is 5.79. The molecule has 0 bridgehead atoms. The van der Waals surface area contributed by atoms with Crippen LogP contribution in [-0.2, 0) is 0 Å². The van der Waals surface area contributed by atoms with Crippen LogP contribution in [0, 0.1) is 0 Å². The Bertz CT molecular complexity index is 665. The number of rotatable bonds is 0. The first-order valence-corrected chi connectivity index (χ1v) is 5.59. The number of hydrogen-bond donors (Lipinski definition) is 3. The Labute approximate surface area is 110 Å². The van der Waals surface area contributed by atoms with Crippen LogP contribution in [0.1, 0.15) is 0 Å². The van der Waals surface area contributed by atoms with Crippen molar-refractivity contribution in [1.29, 1.82) is 0 Å². The van der Waals surface area contributed by atoms with Gasteiger partial charge in [0.2, 0.25) is 0 Å². The van der Waals surface area contributed by atoms with E-state index in [4.69, 9.17) is 17.2 Å². The molecular formula is C13H14N6. The molecule has 0 saturated carbocycles. The van der Waals surface area contributed by atoms with E-state index in [-0.39, 0.29) is 0 Å². The summed E-state index contributed by atoms with van der Waals surface area (Å²) in [5, 5.41) is 1.13. The third-order valence-electron chi connectivity index (χ3n) is 2.33. The van der Waals surface area contributed by atoms with Crippen molar-refractivity contribution in [2.45, 2.75) is 0 Å². The number of nitrogens with zero attached hydrogens (tertiary/aromatic N) is 3. The topological polar surface area (TPSA) is 117 Å². The highest BCUT2D eigenvalue weighted by atomic mass is 14.9. The molecule has 1 aromatic carbocycles. The van der Waals surface area contributed by atoms with E-state index in [0.29, 0.717) is 17.5 Å². The predicted octanol–water partition coefficient (Wildman–Crippen LogP) is 1.46. The van der Waals surface area contributed by atoms with Gasteiger partial charge in [0.25, 0.3) is 0 Å². The number of anilines is 3.